The minimum Gasteiger partial charge on any atom is -0.497 e. The van der Waals surface area contributed by atoms with Crippen molar-refractivity contribution in [3.05, 3.63) is 53.8 Å². The van der Waals surface area contributed by atoms with Crippen molar-refractivity contribution in [2.24, 2.45) is 0 Å². The largest absolute Gasteiger partial charge is 0.497 e. The molecule has 0 bridgehead atoms. The second kappa shape index (κ2) is 5.78. The van der Waals surface area contributed by atoms with Crippen LogP contribution in [0.3, 0.4) is 0 Å². The van der Waals surface area contributed by atoms with Crippen LogP contribution in [0.4, 0.5) is 10.1 Å². The molecule has 8 heteroatoms. The number of hydrogen-bond acceptors (Lipinski definition) is 4. The summed E-state index contributed by atoms with van der Waals surface area (Å²) in [5.41, 5.74) is 0.386. The van der Waals surface area contributed by atoms with E-state index in [9.17, 15) is 17.6 Å². The van der Waals surface area contributed by atoms with Gasteiger partial charge in [0.05, 0.1) is 12.5 Å². The van der Waals surface area contributed by atoms with Crippen LogP contribution in [0.5, 0.6) is 5.75 Å². The molecule has 26 heavy (non-hydrogen) atoms. The SMILES string of the molecule is COc1ccc2c(c1)[C@]1(CCN(S(=O)(=O)c3ccccc3F)C1)C(=O)N2. The summed E-state index contributed by atoms with van der Waals surface area (Å²) in [5, 5.41) is 2.81. The van der Waals surface area contributed by atoms with Crippen LogP contribution >= 0.6 is 0 Å². The number of sulfonamides is 1. The third kappa shape index (κ3) is 2.33. The quantitative estimate of drug-likeness (QED) is 0.890. The Labute approximate surface area is 150 Å². The molecular weight excluding hydrogens is 359 g/mol. The van der Waals surface area contributed by atoms with Gasteiger partial charge in [0.25, 0.3) is 0 Å². The molecule has 136 valence electrons. The van der Waals surface area contributed by atoms with Crippen molar-refractivity contribution >= 4 is 21.6 Å². The van der Waals surface area contributed by atoms with Gasteiger partial charge in [-0.2, -0.15) is 4.31 Å². The van der Waals surface area contributed by atoms with E-state index in [0.29, 0.717) is 23.4 Å². The maximum Gasteiger partial charge on any atom is 0.246 e. The van der Waals surface area contributed by atoms with Gasteiger partial charge in [-0.25, -0.2) is 12.8 Å². The number of amides is 1. The fourth-order valence-corrected chi connectivity index (χ4v) is 5.26. The van der Waals surface area contributed by atoms with E-state index in [4.69, 9.17) is 4.74 Å². The van der Waals surface area contributed by atoms with Gasteiger partial charge in [0, 0.05) is 18.8 Å². The maximum absolute atomic E-state index is 14.0. The first-order valence-electron chi connectivity index (χ1n) is 8.13. The lowest BCUT2D eigenvalue weighted by atomic mass is 9.81. The number of fused-ring (bicyclic) bond motifs is 2. The molecule has 1 spiro atoms. The van der Waals surface area contributed by atoms with Crippen LogP contribution in [0.2, 0.25) is 0 Å². The summed E-state index contributed by atoms with van der Waals surface area (Å²) in [6, 6.07) is 10.5. The zero-order valence-electron chi connectivity index (χ0n) is 14.0. The van der Waals surface area contributed by atoms with E-state index in [1.165, 1.54) is 29.6 Å². The number of ether oxygens (including phenoxy) is 1. The summed E-state index contributed by atoms with van der Waals surface area (Å²) < 4.78 is 46.2. The Morgan fingerprint density at radius 3 is 2.73 bits per heavy atom. The van der Waals surface area contributed by atoms with E-state index >= 15 is 0 Å². The molecule has 6 nitrogen and oxygen atoms in total. The van der Waals surface area contributed by atoms with Crippen LogP contribution in [-0.4, -0.2) is 38.8 Å². The molecule has 4 rings (SSSR count). The number of nitrogens with one attached hydrogen (secondary N) is 1. The van der Waals surface area contributed by atoms with Crippen molar-refractivity contribution in [2.45, 2.75) is 16.7 Å². The van der Waals surface area contributed by atoms with Gasteiger partial charge < -0.3 is 10.1 Å². The van der Waals surface area contributed by atoms with E-state index in [1.807, 2.05) is 0 Å². The first-order chi connectivity index (χ1) is 12.4. The molecule has 2 aromatic carbocycles. The highest BCUT2D eigenvalue weighted by molar-refractivity contribution is 7.89. The van der Waals surface area contributed by atoms with Crippen molar-refractivity contribution < 1.29 is 22.3 Å². The summed E-state index contributed by atoms with van der Waals surface area (Å²) in [5.74, 6) is -0.451. The molecule has 1 fully saturated rings. The number of carbonyl (C=O) groups excluding carboxylic acids is 1. The molecule has 1 N–H and O–H groups in total. The molecule has 2 aliphatic heterocycles. The number of carbonyl (C=O) groups is 1. The standard InChI is InChI=1S/C18H17FN2O4S/c1-25-12-6-7-15-13(10-12)18(17(22)20-15)8-9-21(11-18)26(23,24)16-5-3-2-4-14(16)19/h2-7,10H,8-9,11H2,1H3,(H,20,22)/t18-/m1/s1. The van der Waals surface area contributed by atoms with Crippen molar-refractivity contribution in [3.8, 4) is 5.75 Å². The number of benzene rings is 2. The lowest BCUT2D eigenvalue weighted by Gasteiger charge is -2.23. The van der Waals surface area contributed by atoms with Gasteiger partial charge in [-0.15, -0.1) is 0 Å². The van der Waals surface area contributed by atoms with Gasteiger partial charge >= 0.3 is 0 Å². The topological polar surface area (TPSA) is 75.7 Å². The molecule has 0 aliphatic carbocycles. The molecule has 0 saturated carbocycles. The highest BCUT2D eigenvalue weighted by atomic mass is 32.2. The molecule has 2 aliphatic rings. The first kappa shape index (κ1) is 17.0. The van der Waals surface area contributed by atoms with Crippen molar-refractivity contribution in [1.82, 2.24) is 4.31 Å². The summed E-state index contributed by atoms with van der Waals surface area (Å²) in [6.45, 7) is 0.108. The minimum atomic E-state index is -4.03. The lowest BCUT2D eigenvalue weighted by Crippen LogP contribution is -2.39. The van der Waals surface area contributed by atoms with Gasteiger partial charge in [0.2, 0.25) is 15.9 Å². The molecule has 1 atom stereocenters. The Balaban J connectivity index is 1.74. The maximum atomic E-state index is 14.0. The number of hydrogen-bond donors (Lipinski definition) is 1. The van der Waals surface area contributed by atoms with Gasteiger partial charge in [0.15, 0.2) is 0 Å². The Morgan fingerprint density at radius 2 is 2.00 bits per heavy atom. The number of halogens is 1. The minimum absolute atomic E-state index is 0.0321. The number of methoxy groups -OCH3 is 1. The van der Waals surface area contributed by atoms with Crippen molar-refractivity contribution in [1.29, 1.82) is 0 Å². The highest BCUT2D eigenvalue weighted by Gasteiger charge is 2.53. The van der Waals surface area contributed by atoms with E-state index < -0.39 is 21.3 Å². The van der Waals surface area contributed by atoms with Crippen LogP contribution in [0.25, 0.3) is 0 Å². The number of anilines is 1. The van der Waals surface area contributed by atoms with Gasteiger partial charge in [-0.05, 0) is 42.3 Å². The Hall–Kier alpha value is -2.45. The number of nitrogens with zero attached hydrogens (tertiary/aromatic N) is 1. The fraction of sp³-hybridized carbons (Fsp3) is 0.278. The van der Waals surface area contributed by atoms with Gasteiger partial charge in [0.1, 0.15) is 16.5 Å². The van der Waals surface area contributed by atoms with Gasteiger partial charge in [-0.1, -0.05) is 12.1 Å². The predicted octanol–water partition coefficient (Wildman–Crippen LogP) is 2.12. The van der Waals surface area contributed by atoms with E-state index in [2.05, 4.69) is 5.32 Å². The van der Waals surface area contributed by atoms with Crippen LogP contribution in [0.1, 0.15) is 12.0 Å². The molecule has 2 aromatic rings. The normalized spacial score (nSPS) is 22.5. The monoisotopic (exact) mass is 376 g/mol. The van der Waals surface area contributed by atoms with Crippen LogP contribution in [0.15, 0.2) is 47.4 Å². The summed E-state index contributed by atoms with van der Waals surface area (Å²) in [6.07, 6.45) is 0.326. The van der Waals surface area contributed by atoms with E-state index in [0.717, 1.165) is 6.07 Å². The predicted molar refractivity (Wildman–Crippen MR) is 93.1 cm³/mol. The Kier molecular flexibility index (Phi) is 3.78. The van der Waals surface area contributed by atoms with Crippen molar-refractivity contribution in [2.75, 3.05) is 25.5 Å². The van der Waals surface area contributed by atoms with Crippen molar-refractivity contribution in [3.63, 3.8) is 0 Å². The Bertz CT molecular complexity index is 1010. The summed E-state index contributed by atoms with van der Waals surface area (Å²) in [7, 11) is -2.50. The van der Waals surface area contributed by atoms with Crippen LogP contribution < -0.4 is 10.1 Å². The van der Waals surface area contributed by atoms with Gasteiger partial charge in [-0.3, -0.25) is 4.79 Å². The van der Waals surface area contributed by atoms with Crippen LogP contribution in [-0.2, 0) is 20.2 Å². The average molecular weight is 376 g/mol. The average Bonchev–Trinajstić information content (AvgIpc) is 3.19. The first-order valence-corrected chi connectivity index (χ1v) is 9.57. The van der Waals surface area contributed by atoms with Crippen LogP contribution in [0, 0.1) is 5.82 Å². The lowest BCUT2D eigenvalue weighted by molar-refractivity contribution is -0.120. The second-order valence-electron chi connectivity index (χ2n) is 6.47. The molecule has 1 amide bonds. The molecule has 1 saturated heterocycles. The van der Waals surface area contributed by atoms with E-state index in [-0.39, 0.29) is 23.9 Å². The fourth-order valence-electron chi connectivity index (χ4n) is 3.70. The molecule has 0 aromatic heterocycles. The second-order valence-corrected chi connectivity index (χ2v) is 8.37. The molecular formula is C18H17FN2O4S. The third-order valence-corrected chi connectivity index (χ3v) is 6.99. The zero-order chi connectivity index (χ0) is 18.5. The number of rotatable bonds is 3. The zero-order valence-corrected chi connectivity index (χ0v) is 14.8. The highest BCUT2D eigenvalue weighted by Crippen LogP contribution is 2.46. The Morgan fingerprint density at radius 1 is 1.23 bits per heavy atom. The molecule has 0 unspecified atom stereocenters. The summed E-state index contributed by atoms with van der Waals surface area (Å²) in [4.78, 5) is 12.3. The molecule has 2 heterocycles. The third-order valence-electron chi connectivity index (χ3n) is 5.11. The molecule has 0 radical (unpaired) electrons. The van der Waals surface area contributed by atoms with E-state index in [1.54, 1.807) is 18.2 Å². The summed E-state index contributed by atoms with van der Waals surface area (Å²) >= 11 is 0. The smallest absolute Gasteiger partial charge is 0.246 e.